The van der Waals surface area contributed by atoms with Crippen molar-refractivity contribution in [2.45, 2.75) is 20.4 Å². The molecule has 1 rings (SSSR count). The summed E-state index contributed by atoms with van der Waals surface area (Å²) >= 11 is 0. The Labute approximate surface area is 144 Å². The lowest BCUT2D eigenvalue weighted by Gasteiger charge is -2.15. The minimum Gasteiger partial charge on any atom is -0.489 e. The Hall–Kier alpha value is -2.50. The fraction of sp³-hybridized carbons (Fsp3) is 0.444. The second kappa shape index (κ2) is 11.1. The highest BCUT2D eigenvalue weighted by atomic mass is 16.5. The lowest BCUT2D eigenvalue weighted by Crippen LogP contribution is -2.41. The lowest BCUT2D eigenvalue weighted by molar-refractivity contribution is -0.123. The maximum absolute atomic E-state index is 11.5. The van der Waals surface area contributed by atoms with Crippen LogP contribution in [0.3, 0.4) is 0 Å². The minimum atomic E-state index is -0.00509. The summed E-state index contributed by atoms with van der Waals surface area (Å²) in [5, 5.41) is 9.25. The van der Waals surface area contributed by atoms with Crippen LogP contribution in [-0.2, 0) is 11.3 Å². The Morgan fingerprint density at radius 2 is 1.96 bits per heavy atom. The van der Waals surface area contributed by atoms with Gasteiger partial charge < -0.3 is 20.7 Å². The smallest absolute Gasteiger partial charge is 0.222 e. The van der Waals surface area contributed by atoms with E-state index in [4.69, 9.17) is 4.74 Å². The van der Waals surface area contributed by atoms with E-state index in [9.17, 15) is 4.79 Å². The van der Waals surface area contributed by atoms with Crippen LogP contribution in [0.1, 0.15) is 19.4 Å². The summed E-state index contributed by atoms with van der Waals surface area (Å²) in [7, 11) is 1.71. The first kappa shape index (κ1) is 19.5. The molecular formula is C18H28N4O2. The summed E-state index contributed by atoms with van der Waals surface area (Å²) in [6.45, 7) is 9.62. The van der Waals surface area contributed by atoms with Crippen LogP contribution in [0, 0.1) is 5.92 Å². The number of aliphatic imine (C=N–C) groups is 1. The van der Waals surface area contributed by atoms with Crippen molar-refractivity contribution in [2.24, 2.45) is 10.9 Å². The molecule has 0 radical (unpaired) electrons. The second-order valence-corrected chi connectivity index (χ2v) is 5.51. The van der Waals surface area contributed by atoms with Crippen molar-refractivity contribution >= 4 is 11.9 Å². The van der Waals surface area contributed by atoms with Gasteiger partial charge >= 0.3 is 0 Å². The van der Waals surface area contributed by atoms with E-state index in [1.54, 1.807) is 13.1 Å². The number of benzene rings is 1. The Kier molecular flexibility index (Phi) is 9.04. The number of carbonyl (C=O) groups excluding carboxylic acids is 1. The highest BCUT2D eigenvalue weighted by molar-refractivity contribution is 5.80. The quantitative estimate of drug-likeness (QED) is 0.278. The molecule has 0 saturated carbocycles. The summed E-state index contributed by atoms with van der Waals surface area (Å²) in [5.74, 6) is 1.54. The first-order valence-electron chi connectivity index (χ1n) is 8.12. The fourth-order valence-corrected chi connectivity index (χ4v) is 1.91. The minimum absolute atomic E-state index is 0.00509. The van der Waals surface area contributed by atoms with Gasteiger partial charge in [0.15, 0.2) is 5.96 Å². The van der Waals surface area contributed by atoms with Crippen LogP contribution < -0.4 is 20.7 Å². The van der Waals surface area contributed by atoms with Crippen molar-refractivity contribution in [2.75, 3.05) is 26.7 Å². The highest BCUT2D eigenvalue weighted by Crippen LogP contribution is 2.17. The number of hydrogen-bond donors (Lipinski definition) is 3. The number of para-hydroxylation sites is 1. The third-order valence-corrected chi connectivity index (χ3v) is 3.24. The van der Waals surface area contributed by atoms with Gasteiger partial charge in [0, 0.05) is 38.2 Å². The van der Waals surface area contributed by atoms with E-state index in [1.807, 2.05) is 38.1 Å². The van der Waals surface area contributed by atoms with E-state index >= 15 is 0 Å². The van der Waals surface area contributed by atoms with Crippen molar-refractivity contribution in [3.8, 4) is 5.75 Å². The third kappa shape index (κ3) is 7.17. The average molecular weight is 332 g/mol. The zero-order chi connectivity index (χ0) is 17.8. The van der Waals surface area contributed by atoms with Crippen LogP contribution >= 0.6 is 0 Å². The molecule has 0 saturated heterocycles. The number of carbonyl (C=O) groups is 1. The molecular weight excluding hydrogens is 304 g/mol. The molecule has 0 aliphatic rings. The number of nitrogens with one attached hydrogen (secondary N) is 3. The predicted molar refractivity (Wildman–Crippen MR) is 98.2 cm³/mol. The molecule has 132 valence electrons. The molecule has 3 N–H and O–H groups in total. The molecule has 1 aromatic rings. The molecule has 1 aromatic carbocycles. The largest absolute Gasteiger partial charge is 0.489 e. The molecule has 0 bridgehead atoms. The summed E-state index contributed by atoms with van der Waals surface area (Å²) in [4.78, 5) is 15.7. The van der Waals surface area contributed by atoms with Gasteiger partial charge in [-0.3, -0.25) is 9.79 Å². The van der Waals surface area contributed by atoms with Crippen LogP contribution in [0.25, 0.3) is 0 Å². The van der Waals surface area contributed by atoms with Crippen molar-refractivity contribution in [3.63, 3.8) is 0 Å². The summed E-state index contributed by atoms with van der Waals surface area (Å²) in [6.07, 6.45) is 1.72. The SMILES string of the molecule is C=CCOc1ccccc1CNC(=NC)NCCNC(=O)C(C)C. The van der Waals surface area contributed by atoms with Crippen LogP contribution in [0.4, 0.5) is 0 Å². The Morgan fingerprint density at radius 3 is 2.62 bits per heavy atom. The molecule has 0 aliphatic carbocycles. The van der Waals surface area contributed by atoms with Gasteiger partial charge in [-0.2, -0.15) is 0 Å². The van der Waals surface area contributed by atoms with E-state index in [0.717, 1.165) is 11.3 Å². The van der Waals surface area contributed by atoms with Gasteiger partial charge in [0.05, 0.1) is 0 Å². The Balaban J connectivity index is 2.41. The molecule has 0 fully saturated rings. The molecule has 0 heterocycles. The molecule has 0 atom stereocenters. The third-order valence-electron chi connectivity index (χ3n) is 3.24. The zero-order valence-corrected chi connectivity index (χ0v) is 14.8. The van der Waals surface area contributed by atoms with Gasteiger partial charge in [-0.15, -0.1) is 0 Å². The van der Waals surface area contributed by atoms with Crippen LogP contribution in [0.2, 0.25) is 0 Å². The number of ether oxygens (including phenoxy) is 1. The topological polar surface area (TPSA) is 74.8 Å². The first-order valence-corrected chi connectivity index (χ1v) is 8.12. The van der Waals surface area contributed by atoms with E-state index in [2.05, 4.69) is 27.5 Å². The van der Waals surface area contributed by atoms with Crippen LogP contribution in [0.5, 0.6) is 5.75 Å². The van der Waals surface area contributed by atoms with Crippen molar-refractivity contribution in [3.05, 3.63) is 42.5 Å². The van der Waals surface area contributed by atoms with Crippen molar-refractivity contribution in [1.29, 1.82) is 0 Å². The fourth-order valence-electron chi connectivity index (χ4n) is 1.91. The van der Waals surface area contributed by atoms with Crippen LogP contribution in [-0.4, -0.2) is 38.6 Å². The van der Waals surface area contributed by atoms with Crippen LogP contribution in [0.15, 0.2) is 41.9 Å². The molecule has 0 unspecified atom stereocenters. The lowest BCUT2D eigenvalue weighted by atomic mass is 10.2. The Morgan fingerprint density at radius 1 is 1.25 bits per heavy atom. The van der Waals surface area contributed by atoms with Gasteiger partial charge in [-0.05, 0) is 6.07 Å². The second-order valence-electron chi connectivity index (χ2n) is 5.51. The molecule has 0 spiro atoms. The number of nitrogens with zero attached hydrogens (tertiary/aromatic N) is 1. The van der Waals surface area contributed by atoms with E-state index in [0.29, 0.717) is 32.2 Å². The summed E-state index contributed by atoms with van der Waals surface area (Å²) in [5.41, 5.74) is 1.04. The molecule has 24 heavy (non-hydrogen) atoms. The van der Waals surface area contributed by atoms with E-state index in [1.165, 1.54) is 0 Å². The maximum Gasteiger partial charge on any atom is 0.222 e. The van der Waals surface area contributed by atoms with Gasteiger partial charge in [0.25, 0.3) is 0 Å². The van der Waals surface area contributed by atoms with E-state index in [-0.39, 0.29) is 11.8 Å². The normalized spacial score (nSPS) is 11.1. The molecule has 6 nitrogen and oxygen atoms in total. The molecule has 1 amide bonds. The van der Waals surface area contributed by atoms with Gasteiger partial charge in [0.2, 0.25) is 5.91 Å². The number of guanidine groups is 1. The van der Waals surface area contributed by atoms with Crippen molar-refractivity contribution < 1.29 is 9.53 Å². The Bertz CT molecular complexity index is 556. The van der Waals surface area contributed by atoms with Gasteiger partial charge in [-0.25, -0.2) is 0 Å². The molecule has 6 heteroatoms. The zero-order valence-electron chi connectivity index (χ0n) is 14.8. The monoisotopic (exact) mass is 332 g/mol. The number of hydrogen-bond acceptors (Lipinski definition) is 3. The van der Waals surface area contributed by atoms with E-state index < -0.39 is 0 Å². The summed E-state index contributed by atoms with van der Waals surface area (Å²) < 4.78 is 5.63. The molecule has 0 aromatic heterocycles. The first-order chi connectivity index (χ1) is 11.6. The predicted octanol–water partition coefficient (Wildman–Crippen LogP) is 1.69. The maximum atomic E-state index is 11.5. The standard InChI is InChI=1S/C18H28N4O2/c1-5-12-24-16-9-7-6-8-15(16)13-22-18(19-4)21-11-10-20-17(23)14(2)3/h5-9,14H,1,10-13H2,2-4H3,(H,20,23)(H2,19,21,22). The highest BCUT2D eigenvalue weighted by Gasteiger charge is 2.06. The number of amides is 1. The van der Waals surface area contributed by atoms with Gasteiger partial charge in [0.1, 0.15) is 12.4 Å². The van der Waals surface area contributed by atoms with Gasteiger partial charge in [-0.1, -0.05) is 44.7 Å². The average Bonchev–Trinajstić information content (AvgIpc) is 2.59. The molecule has 0 aliphatic heterocycles. The van der Waals surface area contributed by atoms with Crippen molar-refractivity contribution in [1.82, 2.24) is 16.0 Å². The number of rotatable bonds is 9. The summed E-state index contributed by atoms with van der Waals surface area (Å²) in [6, 6.07) is 7.83.